The van der Waals surface area contributed by atoms with E-state index in [0.29, 0.717) is 0 Å². The molecule has 0 aromatic heterocycles. The Bertz CT molecular complexity index is 840. The fourth-order valence-corrected chi connectivity index (χ4v) is 3.90. The van der Waals surface area contributed by atoms with Gasteiger partial charge in [0.15, 0.2) is 6.23 Å². The molecule has 2 fully saturated rings. The average molecular weight is 380 g/mol. The van der Waals surface area contributed by atoms with Crippen LogP contribution in [0.2, 0.25) is 0 Å². The summed E-state index contributed by atoms with van der Waals surface area (Å²) in [6.45, 7) is 4.22. The lowest BCUT2D eigenvalue weighted by Gasteiger charge is -2.43. The average Bonchev–Trinajstić information content (AvgIpc) is 3.09. The molecular formula is C22H24N2O4. The molecule has 2 aromatic carbocycles. The summed E-state index contributed by atoms with van der Waals surface area (Å²) in [5, 5.41) is 2.93. The van der Waals surface area contributed by atoms with E-state index in [0.717, 1.165) is 11.1 Å². The van der Waals surface area contributed by atoms with Gasteiger partial charge in [0, 0.05) is 5.56 Å². The molecule has 2 aliphatic heterocycles. The lowest BCUT2D eigenvalue weighted by molar-refractivity contribution is -0.162. The van der Waals surface area contributed by atoms with Gasteiger partial charge in [-0.1, -0.05) is 74.5 Å². The van der Waals surface area contributed by atoms with Crippen molar-refractivity contribution >= 4 is 12.0 Å². The molecule has 2 amide bonds. The van der Waals surface area contributed by atoms with E-state index in [-0.39, 0.29) is 24.5 Å². The maximum Gasteiger partial charge on any atom is 0.411 e. The summed E-state index contributed by atoms with van der Waals surface area (Å²) in [5.74, 6) is -0.189. The van der Waals surface area contributed by atoms with Crippen LogP contribution in [-0.2, 0) is 14.3 Å². The Kier molecular flexibility index (Phi) is 5.05. The first-order chi connectivity index (χ1) is 13.6. The van der Waals surface area contributed by atoms with Crippen LogP contribution in [0.15, 0.2) is 60.7 Å². The number of carbonyl (C=O) groups is 2. The predicted molar refractivity (Wildman–Crippen MR) is 103 cm³/mol. The largest absolute Gasteiger partial charge is 0.447 e. The van der Waals surface area contributed by atoms with Gasteiger partial charge < -0.3 is 14.8 Å². The first kappa shape index (κ1) is 18.5. The molecule has 0 bridgehead atoms. The topological polar surface area (TPSA) is 67.9 Å². The van der Waals surface area contributed by atoms with Crippen molar-refractivity contribution < 1.29 is 19.1 Å². The summed E-state index contributed by atoms with van der Waals surface area (Å²) in [7, 11) is 0. The van der Waals surface area contributed by atoms with Gasteiger partial charge in [-0.15, -0.1) is 0 Å². The molecule has 2 aromatic rings. The van der Waals surface area contributed by atoms with Crippen molar-refractivity contribution in [3.63, 3.8) is 0 Å². The Morgan fingerprint density at radius 1 is 0.964 bits per heavy atom. The smallest absolute Gasteiger partial charge is 0.411 e. The third-order valence-corrected chi connectivity index (χ3v) is 5.30. The third-order valence-electron chi connectivity index (χ3n) is 5.30. The number of amides is 2. The van der Waals surface area contributed by atoms with Crippen molar-refractivity contribution in [2.24, 2.45) is 5.92 Å². The highest BCUT2D eigenvalue weighted by atomic mass is 16.6. The van der Waals surface area contributed by atoms with Crippen LogP contribution in [0.1, 0.15) is 37.2 Å². The quantitative estimate of drug-likeness (QED) is 0.883. The molecule has 6 nitrogen and oxygen atoms in total. The number of rotatable bonds is 4. The second-order valence-corrected chi connectivity index (χ2v) is 7.50. The molecular weight excluding hydrogens is 356 g/mol. The van der Waals surface area contributed by atoms with Gasteiger partial charge >= 0.3 is 6.09 Å². The molecule has 0 radical (unpaired) electrons. The van der Waals surface area contributed by atoms with Crippen LogP contribution in [0, 0.1) is 5.92 Å². The summed E-state index contributed by atoms with van der Waals surface area (Å²) in [6, 6.07) is 18.1. The van der Waals surface area contributed by atoms with Crippen LogP contribution >= 0.6 is 0 Å². The molecule has 0 saturated carbocycles. The van der Waals surface area contributed by atoms with Crippen LogP contribution in [0.25, 0.3) is 0 Å². The van der Waals surface area contributed by atoms with Crippen molar-refractivity contribution in [3.05, 3.63) is 71.8 Å². The highest BCUT2D eigenvalue weighted by Gasteiger charge is 2.50. The van der Waals surface area contributed by atoms with E-state index in [9.17, 15) is 9.59 Å². The number of carbonyl (C=O) groups excluding carboxylic acids is 2. The maximum atomic E-state index is 13.2. The van der Waals surface area contributed by atoms with Crippen LogP contribution in [-0.4, -0.2) is 35.7 Å². The van der Waals surface area contributed by atoms with Gasteiger partial charge in [-0.25, -0.2) is 4.79 Å². The lowest BCUT2D eigenvalue weighted by atomic mass is 9.93. The van der Waals surface area contributed by atoms with Gasteiger partial charge in [0.25, 0.3) is 0 Å². The van der Waals surface area contributed by atoms with Gasteiger partial charge in [-0.2, -0.15) is 0 Å². The number of cyclic esters (lactones) is 1. The minimum atomic E-state index is -0.750. The van der Waals surface area contributed by atoms with Gasteiger partial charge in [-0.05, 0) is 11.5 Å². The summed E-state index contributed by atoms with van der Waals surface area (Å²) < 4.78 is 11.6. The van der Waals surface area contributed by atoms with Gasteiger partial charge in [0.05, 0.1) is 12.1 Å². The molecule has 3 unspecified atom stereocenters. The van der Waals surface area contributed by atoms with Crippen molar-refractivity contribution in [2.75, 3.05) is 6.61 Å². The fourth-order valence-electron chi connectivity index (χ4n) is 3.90. The first-order valence-electron chi connectivity index (χ1n) is 9.57. The van der Waals surface area contributed by atoms with Crippen molar-refractivity contribution in [1.82, 2.24) is 10.2 Å². The van der Waals surface area contributed by atoms with Crippen LogP contribution in [0.4, 0.5) is 4.79 Å². The van der Waals surface area contributed by atoms with Crippen molar-refractivity contribution in [2.45, 2.75) is 38.3 Å². The summed E-state index contributed by atoms with van der Waals surface area (Å²) >= 11 is 0. The summed E-state index contributed by atoms with van der Waals surface area (Å²) in [6.07, 6.45) is -1.47. The van der Waals surface area contributed by atoms with E-state index in [2.05, 4.69) is 5.32 Å². The fraction of sp³-hybridized carbons (Fsp3) is 0.364. The van der Waals surface area contributed by atoms with E-state index < -0.39 is 24.5 Å². The first-order valence-corrected chi connectivity index (χ1v) is 9.57. The molecule has 4 rings (SSSR count). The molecule has 146 valence electrons. The molecule has 1 N–H and O–H groups in total. The Labute approximate surface area is 164 Å². The number of nitrogens with one attached hydrogen (secondary N) is 1. The van der Waals surface area contributed by atoms with Gasteiger partial charge in [0.2, 0.25) is 5.91 Å². The summed E-state index contributed by atoms with van der Waals surface area (Å²) in [5.41, 5.74) is 1.82. The van der Waals surface area contributed by atoms with Crippen molar-refractivity contribution in [3.8, 4) is 0 Å². The highest BCUT2D eigenvalue weighted by Crippen LogP contribution is 2.36. The third kappa shape index (κ3) is 3.36. The van der Waals surface area contributed by atoms with Crippen LogP contribution < -0.4 is 5.32 Å². The standard InChI is InChI=1S/C22H24N2O4/c1-14(2)19-18(20(25)23-21(28-19)16-11-7-4-8-12-16)24-17(13-27-22(24)26)15-9-5-3-6-10-15/h3-12,14,17-19,21H,13H2,1-2H3,(H,23,25)/t17-,18?,19?,21?/m1/s1. The minimum absolute atomic E-state index is 0.0343. The van der Waals surface area contributed by atoms with Crippen molar-refractivity contribution in [1.29, 1.82) is 0 Å². The molecule has 0 aliphatic carbocycles. The Morgan fingerprint density at radius 2 is 1.57 bits per heavy atom. The number of ether oxygens (including phenoxy) is 2. The number of hydrogen-bond donors (Lipinski definition) is 1. The minimum Gasteiger partial charge on any atom is -0.447 e. The molecule has 2 heterocycles. The maximum absolute atomic E-state index is 13.2. The number of nitrogens with zero attached hydrogens (tertiary/aromatic N) is 1. The Morgan fingerprint density at radius 3 is 2.18 bits per heavy atom. The van der Waals surface area contributed by atoms with E-state index in [1.54, 1.807) is 0 Å². The van der Waals surface area contributed by atoms with E-state index in [4.69, 9.17) is 9.47 Å². The van der Waals surface area contributed by atoms with E-state index in [1.165, 1.54) is 4.90 Å². The van der Waals surface area contributed by atoms with E-state index in [1.807, 2.05) is 74.5 Å². The molecule has 2 saturated heterocycles. The molecule has 2 aliphatic rings. The monoisotopic (exact) mass is 380 g/mol. The second-order valence-electron chi connectivity index (χ2n) is 7.50. The molecule has 6 heteroatoms. The second kappa shape index (κ2) is 7.64. The number of hydrogen-bond acceptors (Lipinski definition) is 4. The molecule has 0 spiro atoms. The zero-order valence-electron chi connectivity index (χ0n) is 15.9. The summed E-state index contributed by atoms with van der Waals surface area (Å²) in [4.78, 5) is 27.3. The molecule has 28 heavy (non-hydrogen) atoms. The number of benzene rings is 2. The Balaban J connectivity index is 1.65. The predicted octanol–water partition coefficient (Wildman–Crippen LogP) is 3.42. The van der Waals surface area contributed by atoms with Gasteiger partial charge in [0.1, 0.15) is 12.6 Å². The van der Waals surface area contributed by atoms with Crippen LogP contribution in [0.5, 0.6) is 0 Å². The lowest BCUT2D eigenvalue weighted by Crippen LogP contribution is -2.61. The molecule has 4 atom stereocenters. The van der Waals surface area contributed by atoms with Gasteiger partial charge in [-0.3, -0.25) is 9.69 Å². The van der Waals surface area contributed by atoms with Crippen LogP contribution in [0.3, 0.4) is 0 Å². The highest BCUT2D eigenvalue weighted by molar-refractivity contribution is 5.88. The van der Waals surface area contributed by atoms with E-state index >= 15 is 0 Å². The normalized spacial score (nSPS) is 27.6. The zero-order valence-corrected chi connectivity index (χ0v) is 15.9. The SMILES string of the molecule is CC(C)C1OC(c2ccccc2)NC(=O)C1N1C(=O)OC[C@@H]1c1ccccc1. The zero-order chi connectivity index (χ0) is 19.7. The Hall–Kier alpha value is -2.86.